The number of carboxylic acids is 1. The zero-order chi connectivity index (χ0) is 58.6. The molecule has 4 aliphatic heterocycles. The number of carbonyl (C=O) groups excluding carboxylic acids is 1. The fraction of sp³-hybridized carbons (Fsp3) is 0.520. The summed E-state index contributed by atoms with van der Waals surface area (Å²) in [7, 11) is -5.88. The van der Waals surface area contributed by atoms with Gasteiger partial charge in [0.1, 0.15) is 60.6 Å². The van der Waals surface area contributed by atoms with Crippen molar-refractivity contribution in [3.05, 3.63) is 92.7 Å². The molecule has 10 atom stereocenters. The molecule has 31 heteroatoms. The quantitative estimate of drug-likeness (QED) is 0.0375. The number of nitrogens with zero attached hydrogens (tertiary/aromatic N) is 8. The molecular formula is C50H64Cl4N12O13P2. The number of aromatic nitrogens is 8. The van der Waals surface area contributed by atoms with Crippen LogP contribution in [0.15, 0.2) is 60.9 Å². The number of carboxylic acid groups (broad SMARTS) is 1. The molecule has 10 rings (SSSR count). The third kappa shape index (κ3) is 15.4. The monoisotopic (exact) mass is 1240 g/mol. The van der Waals surface area contributed by atoms with Gasteiger partial charge in [0, 0.05) is 49.6 Å². The van der Waals surface area contributed by atoms with E-state index in [1.807, 2.05) is 76.2 Å². The molecule has 2 aromatic carbocycles. The lowest BCUT2D eigenvalue weighted by molar-refractivity contribution is -0.197. The van der Waals surface area contributed by atoms with Crippen LogP contribution in [0.1, 0.15) is 65.1 Å². The molecule has 81 heavy (non-hydrogen) atoms. The van der Waals surface area contributed by atoms with Crippen molar-refractivity contribution in [2.24, 2.45) is 5.73 Å². The minimum absolute atomic E-state index is 0.0245. The van der Waals surface area contributed by atoms with Crippen LogP contribution in [0.3, 0.4) is 0 Å². The van der Waals surface area contributed by atoms with Gasteiger partial charge >= 0.3 is 5.97 Å². The lowest BCUT2D eigenvalue weighted by Crippen LogP contribution is -2.40. The first-order valence-electron chi connectivity index (χ1n) is 25.7. The highest BCUT2D eigenvalue weighted by Crippen LogP contribution is 2.46. The van der Waals surface area contributed by atoms with Gasteiger partial charge < -0.3 is 64.3 Å². The maximum absolute atomic E-state index is 12.5. The lowest BCUT2D eigenvalue weighted by Gasteiger charge is -2.24. The predicted octanol–water partition coefficient (Wildman–Crippen LogP) is 8.36. The number of aliphatic carboxylic acids is 1. The second-order valence-corrected chi connectivity index (χ2v) is 26.8. The van der Waals surface area contributed by atoms with E-state index in [0.29, 0.717) is 70.0 Å². The van der Waals surface area contributed by atoms with Gasteiger partial charge in [-0.3, -0.25) is 18.7 Å². The summed E-state index contributed by atoms with van der Waals surface area (Å²) in [6, 6.07) is 15.1. The van der Waals surface area contributed by atoms with Gasteiger partial charge in [0.25, 0.3) is 0 Å². The zero-order valence-corrected chi connectivity index (χ0v) is 50.3. The minimum atomic E-state index is -3.03. The smallest absolute Gasteiger partial charge is 0.313 e. The number of nitrogens with two attached hydrogens (primary N) is 1. The number of rotatable bonds is 19. The second-order valence-electron chi connectivity index (χ2n) is 20.1. The van der Waals surface area contributed by atoms with Gasteiger partial charge in [-0.05, 0) is 88.0 Å². The van der Waals surface area contributed by atoms with Gasteiger partial charge in [0.15, 0.2) is 35.3 Å². The van der Waals surface area contributed by atoms with E-state index in [-0.39, 0.29) is 54.4 Å². The van der Waals surface area contributed by atoms with Crippen LogP contribution in [-0.2, 0) is 69.3 Å². The number of hydrogen-bond acceptors (Lipinski definition) is 21. The number of fused-ring (bicyclic) bond motifs is 4. The number of nitrogens with one attached hydrogen (secondary N) is 3. The van der Waals surface area contributed by atoms with E-state index in [1.165, 1.54) is 13.3 Å². The Labute approximate surface area is 486 Å². The Morgan fingerprint density at radius 2 is 1.09 bits per heavy atom. The molecule has 4 aliphatic rings. The summed E-state index contributed by atoms with van der Waals surface area (Å²) in [6.07, 6.45) is -1.20. The van der Waals surface area contributed by atoms with Crippen LogP contribution in [0.25, 0.3) is 22.1 Å². The fourth-order valence-corrected chi connectivity index (χ4v) is 12.7. The Balaban J connectivity index is 0.000000186. The lowest BCUT2D eigenvalue weighted by atomic mass is 10.1. The topological polar surface area (TPSA) is 312 Å². The van der Waals surface area contributed by atoms with E-state index in [2.05, 4.69) is 46.1 Å². The van der Waals surface area contributed by atoms with E-state index in [9.17, 15) is 18.7 Å². The maximum atomic E-state index is 12.5. The summed E-state index contributed by atoms with van der Waals surface area (Å²) >= 11 is 25.1. The average Bonchev–Trinajstić information content (AvgIpc) is 2.90. The summed E-state index contributed by atoms with van der Waals surface area (Å²) in [6.45, 7) is 15.4. The number of anilines is 2. The number of benzene rings is 2. The van der Waals surface area contributed by atoms with E-state index in [4.69, 9.17) is 94.7 Å². The SMILES string of the molecule is CC1(C)O[C@@H]2[C@H](O1)[C@@H](CN)O[C@H]2n1ncc2c(NCc3ccccc3Cl)nc(Cl)nc21.CCOP(C)(=O)CC(=O)NC[C@H]1O[C@@H](n2ncc3c(NCc4ccccc4Cl)nc(Cl)nc32)[C@@H]2OC(C)(C)O[C@@H]21.CCOP(C)(=O)CC(=O)O. The van der Waals surface area contributed by atoms with E-state index in [0.717, 1.165) is 11.1 Å². The van der Waals surface area contributed by atoms with Gasteiger partial charge in [-0.2, -0.15) is 30.1 Å². The number of hydrogen-bond donors (Lipinski definition) is 5. The molecule has 4 saturated heterocycles. The number of amides is 1. The number of ether oxygens (including phenoxy) is 6. The van der Waals surface area contributed by atoms with E-state index < -0.39 is 69.0 Å². The molecule has 0 bridgehead atoms. The summed E-state index contributed by atoms with van der Waals surface area (Å²) in [4.78, 5) is 40.0. The molecule has 8 heterocycles. The molecule has 0 aliphatic carbocycles. The normalized spacial score (nSPS) is 24.7. The van der Waals surface area contributed by atoms with E-state index >= 15 is 0 Å². The number of halogens is 4. The Morgan fingerprint density at radius 3 is 1.52 bits per heavy atom. The van der Waals surface area contributed by atoms with Crippen molar-refractivity contribution in [1.82, 2.24) is 44.8 Å². The van der Waals surface area contributed by atoms with Crippen molar-refractivity contribution in [3.8, 4) is 0 Å². The standard InChI is InChI=1S/C25H31Cl2N6O6P.C20H22Cl2N6O3.C5H11O4P/c1-5-36-40(4,35)13-18(34)28-12-17-19-20(39-25(2,3)38-19)23(37-17)33-22-15(11-30-33)21(31-24(27)32-22)29-10-14-8-6-7-9-16(14)26;1-20(2)30-14-13(7-23)29-18(15(14)31-20)28-17-11(9-25-28)16(26-19(22)27-17)24-8-10-5-3-4-6-12(10)21;1-3-9-10(2,8)4-5(6)7/h6-9,11,17,19-20,23H,5,10,12-13H2,1-4H3,(H,28,34)(H,29,31,32);3-6,9,13-15,18H,7-8,23H2,1-2H3,(H,24,26,27);3-4H2,1-2H3,(H,6,7)/t17-,19-,20-,23-,40?;13-,14-,15-,18-;/m11./s1. The molecule has 6 aromatic rings. The summed E-state index contributed by atoms with van der Waals surface area (Å²) < 4.78 is 73.5. The Morgan fingerprint density at radius 1 is 0.667 bits per heavy atom. The van der Waals surface area contributed by atoms with Crippen LogP contribution in [0, 0.1) is 0 Å². The summed E-state index contributed by atoms with van der Waals surface area (Å²) in [5, 5.41) is 29.4. The highest BCUT2D eigenvalue weighted by Gasteiger charge is 2.57. The summed E-state index contributed by atoms with van der Waals surface area (Å²) in [5.74, 6) is -2.07. The summed E-state index contributed by atoms with van der Waals surface area (Å²) in [5.41, 5.74) is 8.70. The molecule has 0 spiro atoms. The number of carbonyl (C=O) groups is 2. The van der Waals surface area contributed by atoms with Gasteiger partial charge in [-0.1, -0.05) is 59.6 Å². The largest absolute Gasteiger partial charge is 0.481 e. The van der Waals surface area contributed by atoms with Crippen molar-refractivity contribution in [3.63, 3.8) is 0 Å². The maximum Gasteiger partial charge on any atom is 0.313 e. The molecular weight excluding hydrogens is 1180 g/mol. The predicted molar refractivity (Wildman–Crippen MR) is 303 cm³/mol. The van der Waals surface area contributed by atoms with Crippen LogP contribution in [0.5, 0.6) is 0 Å². The van der Waals surface area contributed by atoms with Crippen LogP contribution < -0.4 is 21.7 Å². The first-order valence-corrected chi connectivity index (χ1v) is 31.7. The molecule has 25 nitrogen and oxygen atoms in total. The molecule has 0 saturated carbocycles. The highest BCUT2D eigenvalue weighted by molar-refractivity contribution is 7.59. The van der Waals surface area contributed by atoms with Gasteiger partial charge in [0.2, 0.25) is 31.2 Å². The van der Waals surface area contributed by atoms with Crippen molar-refractivity contribution in [2.45, 2.75) is 115 Å². The molecule has 440 valence electrons. The van der Waals surface area contributed by atoms with Crippen molar-refractivity contribution in [2.75, 3.05) is 62.6 Å². The van der Waals surface area contributed by atoms with Crippen LogP contribution in [0.4, 0.5) is 11.6 Å². The van der Waals surface area contributed by atoms with Crippen molar-refractivity contribution in [1.29, 1.82) is 0 Å². The first kappa shape index (κ1) is 62.4. The fourth-order valence-electron chi connectivity index (χ4n) is 9.56. The Kier molecular flexibility index (Phi) is 20.1. The minimum Gasteiger partial charge on any atom is -0.481 e. The van der Waals surface area contributed by atoms with Crippen LogP contribution in [-0.4, -0.2) is 157 Å². The zero-order valence-electron chi connectivity index (χ0n) is 45.5. The Hall–Kier alpha value is -4.66. The van der Waals surface area contributed by atoms with Crippen molar-refractivity contribution < 1.29 is 61.3 Å². The molecule has 4 aromatic heterocycles. The third-order valence-electron chi connectivity index (χ3n) is 12.8. The second kappa shape index (κ2) is 26.1. The molecule has 2 unspecified atom stereocenters. The molecule has 0 radical (unpaired) electrons. The van der Waals surface area contributed by atoms with Crippen LogP contribution >= 0.6 is 61.1 Å². The average molecular weight is 1240 g/mol. The van der Waals surface area contributed by atoms with Crippen molar-refractivity contribution >= 4 is 107 Å². The molecule has 1 amide bonds. The first-order chi connectivity index (χ1) is 38.3. The molecule has 4 fully saturated rings. The molecule has 6 N–H and O–H groups in total. The van der Waals surface area contributed by atoms with Gasteiger partial charge in [-0.15, -0.1) is 0 Å². The van der Waals surface area contributed by atoms with Crippen LogP contribution in [0.2, 0.25) is 20.6 Å². The third-order valence-corrected chi connectivity index (χ3v) is 17.2. The van der Waals surface area contributed by atoms with Gasteiger partial charge in [-0.25, -0.2) is 9.36 Å². The Bertz CT molecular complexity index is 3320. The van der Waals surface area contributed by atoms with Gasteiger partial charge in [0.05, 0.1) is 36.4 Å². The van der Waals surface area contributed by atoms with E-state index in [1.54, 1.807) is 35.6 Å². The highest BCUT2D eigenvalue weighted by atomic mass is 35.5.